The summed E-state index contributed by atoms with van der Waals surface area (Å²) in [5.74, 6) is 0. The zero-order chi connectivity index (χ0) is 19.2. The monoisotopic (exact) mass is 366 g/mol. The van der Waals surface area contributed by atoms with Crippen molar-refractivity contribution < 1.29 is 0 Å². The van der Waals surface area contributed by atoms with E-state index in [-0.39, 0.29) is 0 Å². The Morgan fingerprint density at radius 3 is 2.59 bits per heavy atom. The van der Waals surface area contributed by atoms with E-state index < -0.39 is 0 Å². The Bertz CT molecular complexity index is 877. The van der Waals surface area contributed by atoms with Crippen molar-refractivity contribution in [2.24, 2.45) is 0 Å². The van der Waals surface area contributed by atoms with Crippen molar-refractivity contribution in [3.8, 4) is 0 Å². The molecule has 4 nitrogen and oxygen atoms in total. The van der Waals surface area contributed by atoms with Crippen LogP contribution in [0.3, 0.4) is 0 Å². The number of fused-ring (bicyclic) bond motifs is 3. The van der Waals surface area contributed by atoms with E-state index in [0.29, 0.717) is 0 Å². The zero-order valence-corrected chi connectivity index (χ0v) is 17.4. The lowest BCUT2D eigenvalue weighted by molar-refractivity contribution is 0.302. The van der Waals surface area contributed by atoms with Gasteiger partial charge in [-0.15, -0.1) is 0 Å². The molecule has 2 heterocycles. The van der Waals surface area contributed by atoms with Gasteiger partial charge in [0.2, 0.25) is 0 Å². The third-order valence-corrected chi connectivity index (χ3v) is 5.52. The quantitative estimate of drug-likeness (QED) is 0.527. The molecule has 0 aliphatic carbocycles. The molecular weight excluding hydrogens is 332 g/mol. The Hall–Kier alpha value is -1.91. The number of pyridine rings is 1. The van der Waals surface area contributed by atoms with Crippen molar-refractivity contribution >= 4 is 21.8 Å². The number of para-hydroxylation sites is 1. The molecule has 146 valence electrons. The van der Waals surface area contributed by atoms with Crippen LogP contribution in [0.1, 0.15) is 45.0 Å². The van der Waals surface area contributed by atoms with E-state index in [2.05, 4.69) is 72.8 Å². The number of hydrogen-bond donors (Lipinski definition) is 1. The summed E-state index contributed by atoms with van der Waals surface area (Å²) in [6.07, 6.45) is 2.40. The van der Waals surface area contributed by atoms with Gasteiger partial charge in [0.15, 0.2) is 0 Å². The highest BCUT2D eigenvalue weighted by Gasteiger charge is 2.14. The van der Waals surface area contributed by atoms with E-state index in [1.54, 1.807) is 0 Å². The molecule has 0 saturated heterocycles. The number of nitrogens with zero attached hydrogens (tertiary/aromatic N) is 3. The molecule has 0 fully saturated rings. The first-order chi connectivity index (χ1) is 13.2. The van der Waals surface area contributed by atoms with E-state index in [9.17, 15) is 0 Å². The zero-order valence-electron chi connectivity index (χ0n) is 17.4. The molecule has 0 aliphatic rings. The van der Waals surface area contributed by atoms with Gasteiger partial charge in [-0.2, -0.15) is 0 Å². The predicted octanol–water partition coefficient (Wildman–Crippen LogP) is 4.73. The summed E-state index contributed by atoms with van der Waals surface area (Å²) in [5, 5.41) is 6.26. The number of hydrogen-bond acceptors (Lipinski definition) is 3. The fourth-order valence-corrected chi connectivity index (χ4v) is 3.97. The van der Waals surface area contributed by atoms with Crippen molar-refractivity contribution in [3.05, 3.63) is 41.7 Å². The highest BCUT2D eigenvalue weighted by molar-refractivity contribution is 6.08. The Balaban J connectivity index is 1.86. The van der Waals surface area contributed by atoms with Crippen LogP contribution in [0.5, 0.6) is 0 Å². The summed E-state index contributed by atoms with van der Waals surface area (Å²) in [4.78, 5) is 7.37. The van der Waals surface area contributed by atoms with Gasteiger partial charge in [0.1, 0.15) is 0 Å². The SMILES string of the molecule is CCCCn1c2ccccc2c2cc(CNCCN(CC)CC)nc(C)c21. The van der Waals surface area contributed by atoms with Gasteiger partial charge in [0.05, 0.1) is 16.9 Å². The third-order valence-electron chi connectivity index (χ3n) is 5.52. The normalized spacial score (nSPS) is 11.9. The first-order valence-electron chi connectivity index (χ1n) is 10.5. The molecule has 3 rings (SSSR count). The van der Waals surface area contributed by atoms with Crippen molar-refractivity contribution in [3.63, 3.8) is 0 Å². The van der Waals surface area contributed by atoms with E-state index in [4.69, 9.17) is 4.98 Å². The number of likely N-dealkylation sites (N-methyl/N-ethyl adjacent to an activating group) is 1. The highest BCUT2D eigenvalue weighted by Crippen LogP contribution is 2.31. The molecule has 0 aliphatic heterocycles. The summed E-state index contributed by atoms with van der Waals surface area (Å²) in [6, 6.07) is 11.1. The standard InChI is InChI=1S/C23H34N4/c1-5-8-14-27-22-12-10-9-11-20(22)21-16-19(25-18(4)23(21)27)17-24-13-15-26(6-2)7-3/h9-12,16,24H,5-8,13-15,17H2,1-4H3. The Morgan fingerprint density at radius 2 is 1.85 bits per heavy atom. The van der Waals surface area contributed by atoms with Crippen LogP contribution in [0.2, 0.25) is 0 Å². The van der Waals surface area contributed by atoms with Gasteiger partial charge in [-0.05, 0) is 38.6 Å². The van der Waals surface area contributed by atoms with Gasteiger partial charge >= 0.3 is 0 Å². The van der Waals surface area contributed by atoms with Crippen LogP contribution in [0.4, 0.5) is 0 Å². The molecular formula is C23H34N4. The fourth-order valence-electron chi connectivity index (χ4n) is 3.97. The van der Waals surface area contributed by atoms with Gasteiger partial charge in [0, 0.05) is 42.5 Å². The lowest BCUT2D eigenvalue weighted by Crippen LogP contribution is -2.31. The molecule has 0 bridgehead atoms. The van der Waals surface area contributed by atoms with Crippen LogP contribution >= 0.6 is 0 Å². The molecule has 0 radical (unpaired) electrons. The number of unbranched alkanes of at least 4 members (excludes halogenated alkanes) is 1. The van der Waals surface area contributed by atoms with Gasteiger partial charge in [-0.3, -0.25) is 4.98 Å². The maximum atomic E-state index is 4.93. The van der Waals surface area contributed by atoms with E-state index in [1.807, 2.05) is 0 Å². The molecule has 0 unspecified atom stereocenters. The minimum absolute atomic E-state index is 0.826. The molecule has 3 aromatic rings. The minimum Gasteiger partial charge on any atom is -0.339 e. The number of rotatable bonds is 10. The van der Waals surface area contributed by atoms with E-state index in [0.717, 1.165) is 50.7 Å². The maximum Gasteiger partial charge on any atom is 0.0707 e. The topological polar surface area (TPSA) is 33.1 Å². The lowest BCUT2D eigenvalue weighted by Gasteiger charge is -2.18. The second-order valence-electron chi connectivity index (χ2n) is 7.32. The Labute approximate surface area is 163 Å². The molecule has 0 atom stereocenters. The third kappa shape index (κ3) is 4.33. The van der Waals surface area contributed by atoms with Gasteiger partial charge < -0.3 is 14.8 Å². The van der Waals surface area contributed by atoms with Crippen LogP contribution in [0.25, 0.3) is 21.8 Å². The average Bonchev–Trinajstić information content (AvgIpc) is 3.01. The minimum atomic E-state index is 0.826. The summed E-state index contributed by atoms with van der Waals surface area (Å²) < 4.78 is 2.47. The molecule has 0 amide bonds. The molecule has 2 aromatic heterocycles. The molecule has 0 saturated carbocycles. The number of aryl methyl sites for hydroxylation is 2. The predicted molar refractivity (Wildman–Crippen MR) is 116 cm³/mol. The number of aromatic nitrogens is 2. The second kappa shape index (κ2) is 9.34. The van der Waals surface area contributed by atoms with Crippen LogP contribution in [0, 0.1) is 6.92 Å². The fraction of sp³-hybridized carbons (Fsp3) is 0.522. The van der Waals surface area contributed by atoms with Crippen molar-refractivity contribution in [1.29, 1.82) is 0 Å². The van der Waals surface area contributed by atoms with E-state index in [1.165, 1.54) is 34.6 Å². The molecule has 27 heavy (non-hydrogen) atoms. The molecule has 1 aromatic carbocycles. The summed E-state index contributed by atoms with van der Waals surface area (Å²) >= 11 is 0. The summed E-state index contributed by atoms with van der Waals surface area (Å²) in [6.45, 7) is 15.0. The largest absolute Gasteiger partial charge is 0.339 e. The molecule has 4 heteroatoms. The Kier molecular flexibility index (Phi) is 6.86. The summed E-state index contributed by atoms with van der Waals surface area (Å²) in [5.41, 5.74) is 4.91. The van der Waals surface area contributed by atoms with Crippen LogP contribution < -0.4 is 5.32 Å². The summed E-state index contributed by atoms with van der Waals surface area (Å²) in [7, 11) is 0. The molecule has 1 N–H and O–H groups in total. The van der Waals surface area contributed by atoms with Gasteiger partial charge in [-0.25, -0.2) is 0 Å². The lowest BCUT2D eigenvalue weighted by atomic mass is 10.1. The van der Waals surface area contributed by atoms with Crippen LogP contribution in [-0.4, -0.2) is 40.6 Å². The van der Waals surface area contributed by atoms with Gasteiger partial charge in [0.25, 0.3) is 0 Å². The first kappa shape index (κ1) is 19.8. The highest BCUT2D eigenvalue weighted by atomic mass is 15.1. The first-order valence-corrected chi connectivity index (χ1v) is 10.5. The van der Waals surface area contributed by atoms with Crippen LogP contribution in [-0.2, 0) is 13.1 Å². The van der Waals surface area contributed by atoms with Crippen molar-refractivity contribution in [2.75, 3.05) is 26.2 Å². The average molecular weight is 367 g/mol. The smallest absolute Gasteiger partial charge is 0.0707 e. The maximum absolute atomic E-state index is 4.93. The Morgan fingerprint density at radius 1 is 1.07 bits per heavy atom. The second-order valence-corrected chi connectivity index (χ2v) is 7.32. The molecule has 0 spiro atoms. The number of benzene rings is 1. The number of nitrogens with one attached hydrogen (secondary N) is 1. The van der Waals surface area contributed by atoms with Crippen molar-refractivity contribution in [2.45, 2.75) is 53.6 Å². The van der Waals surface area contributed by atoms with E-state index >= 15 is 0 Å². The van der Waals surface area contributed by atoms with Gasteiger partial charge in [-0.1, -0.05) is 45.4 Å². The van der Waals surface area contributed by atoms with Crippen LogP contribution in [0.15, 0.2) is 30.3 Å². The van der Waals surface area contributed by atoms with Crippen molar-refractivity contribution in [1.82, 2.24) is 19.8 Å².